The lowest BCUT2D eigenvalue weighted by atomic mass is 9.91. The molecule has 0 aliphatic carbocycles. The highest BCUT2D eigenvalue weighted by Gasteiger charge is 2.49. The third-order valence-electron chi connectivity index (χ3n) is 5.04. The van der Waals surface area contributed by atoms with E-state index in [2.05, 4.69) is 20.8 Å². The Bertz CT molecular complexity index is 1040. The normalized spacial score (nSPS) is 19.2. The minimum absolute atomic E-state index is 0.0655. The number of benzene rings is 1. The summed E-state index contributed by atoms with van der Waals surface area (Å²) in [4.78, 5) is 43.1. The molecule has 0 spiro atoms. The van der Waals surface area contributed by atoms with E-state index in [0.717, 1.165) is 10.5 Å². The molecular weight excluding hydrogens is 414 g/mol. The second-order valence-corrected chi connectivity index (χ2v) is 9.58. The van der Waals surface area contributed by atoms with Crippen LogP contribution in [0.5, 0.6) is 0 Å². The van der Waals surface area contributed by atoms with E-state index < -0.39 is 34.7 Å². The molecule has 1 aliphatic heterocycles. The van der Waals surface area contributed by atoms with E-state index in [0.29, 0.717) is 5.56 Å². The number of nitrogens with one attached hydrogen (secondary N) is 2. The molecule has 2 aromatic rings. The van der Waals surface area contributed by atoms with Crippen molar-refractivity contribution in [3.8, 4) is 0 Å². The van der Waals surface area contributed by atoms with Crippen LogP contribution in [-0.4, -0.2) is 38.7 Å². The van der Waals surface area contributed by atoms with Gasteiger partial charge in [-0.2, -0.15) is 4.98 Å². The Balaban J connectivity index is 1.73. The van der Waals surface area contributed by atoms with Crippen LogP contribution >= 0.6 is 0 Å². The summed E-state index contributed by atoms with van der Waals surface area (Å²) in [5.74, 6) is -0.167. The van der Waals surface area contributed by atoms with Gasteiger partial charge in [-0.15, -0.1) is 0 Å². The number of aromatic nitrogens is 2. The van der Waals surface area contributed by atoms with E-state index >= 15 is 0 Å². The van der Waals surface area contributed by atoms with Crippen molar-refractivity contribution in [1.29, 1.82) is 0 Å². The lowest BCUT2D eigenvalue weighted by Gasteiger charge is -2.26. The van der Waals surface area contributed by atoms with Crippen molar-refractivity contribution in [1.82, 2.24) is 25.7 Å². The molecule has 0 saturated carbocycles. The Morgan fingerprint density at radius 2 is 1.81 bits per heavy atom. The van der Waals surface area contributed by atoms with E-state index in [9.17, 15) is 14.4 Å². The maximum absolute atomic E-state index is 13.1. The van der Waals surface area contributed by atoms with Crippen LogP contribution in [0.1, 0.15) is 64.4 Å². The highest BCUT2D eigenvalue weighted by Crippen LogP contribution is 2.30. The molecule has 1 aromatic carbocycles. The Morgan fingerprint density at radius 3 is 2.41 bits per heavy atom. The van der Waals surface area contributed by atoms with Crippen LogP contribution in [0.15, 0.2) is 28.8 Å². The van der Waals surface area contributed by atoms with Gasteiger partial charge in [0.2, 0.25) is 5.89 Å². The zero-order chi connectivity index (χ0) is 23.9. The molecule has 32 heavy (non-hydrogen) atoms. The Labute approximate surface area is 186 Å². The molecule has 10 nitrogen and oxygen atoms in total. The number of ether oxygens (including phenoxy) is 1. The zero-order valence-electron chi connectivity index (χ0n) is 19.4. The minimum atomic E-state index is -1.19. The predicted molar refractivity (Wildman–Crippen MR) is 114 cm³/mol. The van der Waals surface area contributed by atoms with Gasteiger partial charge in [-0.3, -0.25) is 9.69 Å². The maximum Gasteiger partial charge on any atom is 0.408 e. The van der Waals surface area contributed by atoms with Gasteiger partial charge in [0, 0.05) is 0 Å². The molecule has 10 heteroatoms. The van der Waals surface area contributed by atoms with Crippen LogP contribution in [0.2, 0.25) is 0 Å². The second-order valence-electron chi connectivity index (χ2n) is 9.58. The Kier molecular flexibility index (Phi) is 5.75. The highest BCUT2D eigenvalue weighted by atomic mass is 16.6. The third-order valence-corrected chi connectivity index (χ3v) is 5.04. The summed E-state index contributed by atoms with van der Waals surface area (Å²) in [6.07, 6.45) is -0.628. The van der Waals surface area contributed by atoms with Crippen LogP contribution < -0.4 is 10.6 Å². The first-order chi connectivity index (χ1) is 14.7. The van der Waals surface area contributed by atoms with Gasteiger partial charge in [0.1, 0.15) is 23.2 Å². The fourth-order valence-corrected chi connectivity index (χ4v) is 3.25. The fourth-order valence-electron chi connectivity index (χ4n) is 3.25. The van der Waals surface area contributed by atoms with Gasteiger partial charge in [0.15, 0.2) is 5.82 Å². The van der Waals surface area contributed by atoms with Gasteiger partial charge in [-0.25, -0.2) is 9.59 Å². The molecule has 172 valence electrons. The smallest absolute Gasteiger partial charge is 0.408 e. The first kappa shape index (κ1) is 23.2. The van der Waals surface area contributed by atoms with E-state index in [1.807, 2.05) is 31.2 Å². The Hall–Kier alpha value is -3.43. The van der Waals surface area contributed by atoms with Gasteiger partial charge < -0.3 is 19.9 Å². The van der Waals surface area contributed by atoms with Crippen molar-refractivity contribution in [2.24, 2.45) is 0 Å². The largest absolute Gasteiger partial charge is 0.444 e. The van der Waals surface area contributed by atoms with E-state index in [-0.39, 0.29) is 18.3 Å². The minimum Gasteiger partial charge on any atom is -0.444 e. The van der Waals surface area contributed by atoms with Crippen molar-refractivity contribution in [2.45, 2.75) is 71.7 Å². The van der Waals surface area contributed by atoms with E-state index in [4.69, 9.17) is 9.26 Å². The molecule has 0 bridgehead atoms. The summed E-state index contributed by atoms with van der Waals surface area (Å²) < 4.78 is 10.5. The molecule has 1 atom stereocenters. The standard InChI is InChI=1S/C22H29N5O5/c1-13-8-10-14(11-9-13)22(7)17(28)27(18(29)24-22)12-15-23-16(26-32-15)21(5,6)25-19(30)31-20(2,3)4/h8-11H,12H2,1-7H3,(H,24,29)(H,25,30). The van der Waals surface area contributed by atoms with E-state index in [1.165, 1.54) is 0 Å². The molecule has 0 radical (unpaired) electrons. The number of rotatable bonds is 5. The average Bonchev–Trinajstić information content (AvgIpc) is 3.20. The SMILES string of the molecule is Cc1ccc(C2(C)NC(=O)N(Cc3nc(C(C)(C)NC(=O)OC(C)(C)C)no3)C2=O)cc1. The van der Waals surface area contributed by atoms with Gasteiger partial charge in [0.25, 0.3) is 5.91 Å². The number of imide groups is 1. The average molecular weight is 444 g/mol. The monoisotopic (exact) mass is 443 g/mol. The van der Waals surface area contributed by atoms with Crippen LogP contribution in [-0.2, 0) is 27.2 Å². The predicted octanol–water partition coefficient (Wildman–Crippen LogP) is 3.11. The third kappa shape index (κ3) is 4.74. The van der Waals surface area contributed by atoms with Crippen molar-refractivity contribution >= 4 is 18.0 Å². The summed E-state index contributed by atoms with van der Waals surface area (Å²) >= 11 is 0. The number of aryl methyl sites for hydroxylation is 1. The summed E-state index contributed by atoms with van der Waals surface area (Å²) in [6, 6.07) is 6.84. The van der Waals surface area contributed by atoms with Crippen LogP contribution in [0.4, 0.5) is 9.59 Å². The van der Waals surface area contributed by atoms with Crippen LogP contribution in [0.3, 0.4) is 0 Å². The zero-order valence-corrected chi connectivity index (χ0v) is 19.4. The number of hydrogen-bond donors (Lipinski definition) is 2. The number of nitrogens with zero attached hydrogens (tertiary/aromatic N) is 3. The number of alkyl carbamates (subject to hydrolysis) is 1. The quantitative estimate of drug-likeness (QED) is 0.680. The number of carbonyl (C=O) groups is 3. The second kappa shape index (κ2) is 7.92. The molecule has 1 fully saturated rings. The molecule has 1 saturated heterocycles. The summed E-state index contributed by atoms with van der Waals surface area (Å²) in [6.45, 7) is 12.1. The van der Waals surface area contributed by atoms with Gasteiger partial charge in [-0.1, -0.05) is 35.0 Å². The number of urea groups is 1. The van der Waals surface area contributed by atoms with Crippen molar-refractivity contribution in [3.63, 3.8) is 0 Å². The Morgan fingerprint density at radius 1 is 1.19 bits per heavy atom. The van der Waals surface area contributed by atoms with Crippen molar-refractivity contribution < 1.29 is 23.6 Å². The molecular formula is C22H29N5O5. The topological polar surface area (TPSA) is 127 Å². The first-order valence-corrected chi connectivity index (χ1v) is 10.3. The fraction of sp³-hybridized carbons (Fsp3) is 0.500. The molecule has 3 rings (SSSR count). The van der Waals surface area contributed by atoms with E-state index in [1.54, 1.807) is 41.5 Å². The number of hydrogen-bond acceptors (Lipinski definition) is 7. The number of amides is 4. The highest BCUT2D eigenvalue weighted by molar-refractivity contribution is 6.07. The maximum atomic E-state index is 13.1. The summed E-state index contributed by atoms with van der Waals surface area (Å²) in [5.41, 5.74) is -1.12. The van der Waals surface area contributed by atoms with Crippen molar-refractivity contribution in [2.75, 3.05) is 0 Å². The molecule has 1 unspecified atom stereocenters. The number of carbonyl (C=O) groups excluding carboxylic acids is 3. The van der Waals surface area contributed by atoms with Gasteiger partial charge in [-0.05, 0) is 54.0 Å². The molecule has 2 N–H and O–H groups in total. The van der Waals surface area contributed by atoms with Gasteiger partial charge in [0.05, 0.1) is 0 Å². The first-order valence-electron chi connectivity index (χ1n) is 10.3. The van der Waals surface area contributed by atoms with Gasteiger partial charge >= 0.3 is 12.1 Å². The molecule has 1 aliphatic rings. The van der Waals surface area contributed by atoms with Crippen molar-refractivity contribution in [3.05, 3.63) is 47.1 Å². The lowest BCUT2D eigenvalue weighted by Crippen LogP contribution is -2.44. The van der Waals surface area contributed by atoms with Crippen LogP contribution in [0.25, 0.3) is 0 Å². The van der Waals surface area contributed by atoms with Crippen LogP contribution in [0, 0.1) is 6.92 Å². The summed E-state index contributed by atoms with van der Waals surface area (Å²) in [7, 11) is 0. The lowest BCUT2D eigenvalue weighted by molar-refractivity contribution is -0.131. The molecule has 2 heterocycles. The summed E-state index contributed by atoms with van der Waals surface area (Å²) in [5, 5.41) is 9.34. The molecule has 4 amide bonds. The molecule has 1 aromatic heterocycles.